The van der Waals surface area contributed by atoms with Gasteiger partial charge < -0.3 is 20.1 Å². The molecule has 1 atom stereocenters. The summed E-state index contributed by atoms with van der Waals surface area (Å²) >= 11 is 0. The summed E-state index contributed by atoms with van der Waals surface area (Å²) in [6.07, 6.45) is 1.77. The largest absolute Gasteiger partial charge is 0.491 e. The highest BCUT2D eigenvalue weighted by molar-refractivity contribution is 5.85. The molecule has 1 unspecified atom stereocenters. The topological polar surface area (TPSA) is 59.6 Å². The molecular weight excluding hydrogens is 340 g/mol. The van der Waals surface area contributed by atoms with Crippen molar-refractivity contribution < 1.29 is 14.3 Å². The average molecular weight is 371 g/mol. The second-order valence-corrected chi connectivity index (χ2v) is 6.89. The van der Waals surface area contributed by atoms with E-state index in [-0.39, 0.29) is 30.5 Å². The smallest absolute Gasteiger partial charge is 0.229 e. The number of carbonyl (C=O) groups excluding carboxylic acids is 1. The molecule has 0 spiro atoms. The molecule has 0 saturated carbocycles. The molecule has 2 rings (SSSR count). The van der Waals surface area contributed by atoms with Gasteiger partial charge in [0.05, 0.1) is 24.2 Å². The van der Waals surface area contributed by atoms with Crippen LogP contribution in [0.5, 0.6) is 5.75 Å². The Morgan fingerprint density at radius 3 is 2.32 bits per heavy atom. The number of benzene rings is 1. The van der Waals surface area contributed by atoms with Gasteiger partial charge in [0.25, 0.3) is 0 Å². The van der Waals surface area contributed by atoms with Gasteiger partial charge in [0, 0.05) is 7.11 Å². The quantitative estimate of drug-likeness (QED) is 0.774. The molecule has 1 amide bonds. The van der Waals surface area contributed by atoms with Crippen molar-refractivity contribution in [3.8, 4) is 5.75 Å². The van der Waals surface area contributed by atoms with Crippen molar-refractivity contribution in [1.29, 1.82) is 0 Å². The summed E-state index contributed by atoms with van der Waals surface area (Å²) in [7, 11) is 1.66. The second kappa shape index (κ2) is 10.00. The summed E-state index contributed by atoms with van der Waals surface area (Å²) in [5.74, 6) is 0.933. The third-order valence-corrected chi connectivity index (χ3v) is 4.56. The zero-order valence-electron chi connectivity index (χ0n) is 15.6. The van der Waals surface area contributed by atoms with Gasteiger partial charge in [0.15, 0.2) is 0 Å². The zero-order chi connectivity index (χ0) is 17.6. The van der Waals surface area contributed by atoms with Crippen LogP contribution in [0, 0.1) is 5.41 Å². The van der Waals surface area contributed by atoms with E-state index in [2.05, 4.69) is 10.6 Å². The van der Waals surface area contributed by atoms with Crippen LogP contribution < -0.4 is 15.4 Å². The molecule has 0 aliphatic carbocycles. The molecule has 0 bridgehead atoms. The lowest BCUT2D eigenvalue weighted by Gasteiger charge is -2.36. The van der Waals surface area contributed by atoms with Crippen molar-refractivity contribution in [2.75, 3.05) is 26.8 Å². The Balaban J connectivity index is 0.00000312. The van der Waals surface area contributed by atoms with Crippen molar-refractivity contribution >= 4 is 18.3 Å². The number of piperidine rings is 1. The minimum Gasteiger partial charge on any atom is -0.491 e. The zero-order valence-corrected chi connectivity index (χ0v) is 16.4. The van der Waals surface area contributed by atoms with Crippen LogP contribution in [0.2, 0.25) is 0 Å². The van der Waals surface area contributed by atoms with Crippen LogP contribution in [0.1, 0.15) is 45.2 Å². The van der Waals surface area contributed by atoms with Crippen LogP contribution in [-0.4, -0.2) is 38.8 Å². The summed E-state index contributed by atoms with van der Waals surface area (Å²) in [6, 6.07) is 7.87. The summed E-state index contributed by atoms with van der Waals surface area (Å²) in [5, 5.41) is 6.47. The number of ether oxygens (including phenoxy) is 2. The Hall–Kier alpha value is -1.30. The maximum atomic E-state index is 12.9. The number of methoxy groups -OCH3 is 1. The van der Waals surface area contributed by atoms with Crippen LogP contribution in [0.4, 0.5) is 0 Å². The predicted molar refractivity (Wildman–Crippen MR) is 102 cm³/mol. The maximum absolute atomic E-state index is 12.9. The van der Waals surface area contributed by atoms with Crippen molar-refractivity contribution in [2.24, 2.45) is 5.41 Å². The van der Waals surface area contributed by atoms with Crippen LogP contribution in [0.15, 0.2) is 24.3 Å². The molecule has 0 radical (unpaired) electrons. The van der Waals surface area contributed by atoms with Gasteiger partial charge in [-0.3, -0.25) is 4.79 Å². The number of amides is 1. The van der Waals surface area contributed by atoms with E-state index in [1.165, 1.54) is 0 Å². The first-order valence-electron chi connectivity index (χ1n) is 8.74. The molecule has 2 N–H and O–H groups in total. The number of halogens is 1. The van der Waals surface area contributed by atoms with E-state index >= 15 is 0 Å². The molecule has 1 aliphatic rings. The number of nitrogens with one attached hydrogen (secondary N) is 2. The number of hydrogen-bond donors (Lipinski definition) is 2. The maximum Gasteiger partial charge on any atom is 0.229 e. The third-order valence-electron chi connectivity index (χ3n) is 4.56. The standard InChI is InChI=1S/C19H30N2O3.ClH/c1-14(2)24-17-7-5-16(6-8-17)15(3)21-18(22)19(13-23-4)9-11-20-12-10-19;/h5-8,14-15,20H,9-13H2,1-4H3,(H,21,22);1H. The average Bonchev–Trinajstić information content (AvgIpc) is 2.56. The molecule has 0 aromatic heterocycles. The van der Waals surface area contributed by atoms with Gasteiger partial charge in [0.2, 0.25) is 5.91 Å². The first kappa shape index (κ1) is 21.7. The SMILES string of the molecule is COCC1(C(=O)NC(C)c2ccc(OC(C)C)cc2)CCNCC1.Cl. The van der Waals surface area contributed by atoms with E-state index in [0.29, 0.717) is 6.61 Å². The van der Waals surface area contributed by atoms with Gasteiger partial charge in [-0.15, -0.1) is 12.4 Å². The molecule has 6 heteroatoms. The molecule has 142 valence electrons. The highest BCUT2D eigenvalue weighted by Gasteiger charge is 2.40. The van der Waals surface area contributed by atoms with Crippen molar-refractivity contribution in [3.63, 3.8) is 0 Å². The lowest BCUT2D eigenvalue weighted by atomic mass is 9.78. The van der Waals surface area contributed by atoms with Crippen LogP contribution in [-0.2, 0) is 9.53 Å². The Bertz CT molecular complexity index is 522. The lowest BCUT2D eigenvalue weighted by molar-refractivity contribution is -0.136. The van der Waals surface area contributed by atoms with Crippen molar-refractivity contribution in [1.82, 2.24) is 10.6 Å². The van der Waals surface area contributed by atoms with Gasteiger partial charge in [-0.1, -0.05) is 12.1 Å². The van der Waals surface area contributed by atoms with Gasteiger partial charge in [-0.25, -0.2) is 0 Å². The van der Waals surface area contributed by atoms with Gasteiger partial charge in [-0.05, 0) is 64.4 Å². The fourth-order valence-electron chi connectivity index (χ4n) is 3.16. The predicted octanol–water partition coefficient (Wildman–Crippen LogP) is 3.09. The van der Waals surface area contributed by atoms with Crippen molar-refractivity contribution in [3.05, 3.63) is 29.8 Å². The lowest BCUT2D eigenvalue weighted by Crippen LogP contribution is -2.50. The highest BCUT2D eigenvalue weighted by atomic mass is 35.5. The van der Waals surface area contributed by atoms with Crippen LogP contribution in [0.25, 0.3) is 0 Å². The van der Waals surface area contributed by atoms with E-state index in [1.807, 2.05) is 45.0 Å². The summed E-state index contributed by atoms with van der Waals surface area (Å²) < 4.78 is 11.0. The van der Waals surface area contributed by atoms with E-state index in [9.17, 15) is 4.79 Å². The minimum atomic E-state index is -0.422. The highest BCUT2D eigenvalue weighted by Crippen LogP contribution is 2.30. The normalized spacial score (nSPS) is 17.5. The molecule has 1 fully saturated rings. The monoisotopic (exact) mass is 370 g/mol. The van der Waals surface area contributed by atoms with Crippen LogP contribution in [0.3, 0.4) is 0 Å². The second-order valence-electron chi connectivity index (χ2n) is 6.89. The summed E-state index contributed by atoms with van der Waals surface area (Å²) in [6.45, 7) is 8.20. The Morgan fingerprint density at radius 2 is 1.80 bits per heavy atom. The third kappa shape index (κ3) is 5.87. The Labute approximate surface area is 157 Å². The molecule has 1 aliphatic heterocycles. The van der Waals surface area contributed by atoms with E-state index < -0.39 is 5.41 Å². The molecule has 5 nitrogen and oxygen atoms in total. The van der Waals surface area contributed by atoms with Gasteiger partial charge in [-0.2, -0.15) is 0 Å². The minimum absolute atomic E-state index is 0. The van der Waals surface area contributed by atoms with Gasteiger partial charge >= 0.3 is 0 Å². The van der Waals surface area contributed by atoms with Crippen LogP contribution >= 0.6 is 12.4 Å². The van der Waals surface area contributed by atoms with E-state index in [1.54, 1.807) is 7.11 Å². The fraction of sp³-hybridized carbons (Fsp3) is 0.632. The number of rotatable bonds is 7. The Kier molecular flexibility index (Phi) is 8.69. The Morgan fingerprint density at radius 1 is 1.20 bits per heavy atom. The first-order valence-corrected chi connectivity index (χ1v) is 8.74. The van der Waals surface area contributed by atoms with Crippen molar-refractivity contribution in [2.45, 2.75) is 45.8 Å². The first-order chi connectivity index (χ1) is 11.5. The summed E-state index contributed by atoms with van der Waals surface area (Å²) in [5.41, 5.74) is 0.649. The molecule has 1 saturated heterocycles. The molecule has 1 aromatic rings. The molecule has 1 heterocycles. The number of carbonyl (C=O) groups is 1. The fourth-order valence-corrected chi connectivity index (χ4v) is 3.16. The van der Waals surface area contributed by atoms with E-state index in [0.717, 1.165) is 37.2 Å². The molecular formula is C19H31ClN2O3. The molecule has 25 heavy (non-hydrogen) atoms. The van der Waals surface area contributed by atoms with Gasteiger partial charge in [0.1, 0.15) is 5.75 Å². The summed E-state index contributed by atoms with van der Waals surface area (Å²) in [4.78, 5) is 12.9. The van der Waals surface area contributed by atoms with E-state index in [4.69, 9.17) is 9.47 Å². The number of hydrogen-bond acceptors (Lipinski definition) is 4. The molecule has 1 aromatic carbocycles.